The predicted molar refractivity (Wildman–Crippen MR) is 122 cm³/mol. The average Bonchev–Trinajstić information content (AvgIpc) is 3.13. The highest BCUT2D eigenvalue weighted by atomic mass is 16.5. The van der Waals surface area contributed by atoms with Crippen molar-refractivity contribution in [1.82, 2.24) is 15.3 Å². The number of hydrogen-bond acceptors (Lipinski definition) is 5. The molecule has 1 fully saturated rings. The van der Waals surface area contributed by atoms with Crippen LogP contribution < -0.4 is 15.0 Å². The summed E-state index contributed by atoms with van der Waals surface area (Å²) in [5.74, 6) is 1.61. The number of methoxy groups -OCH3 is 1. The first-order valence-corrected chi connectivity index (χ1v) is 11.2. The van der Waals surface area contributed by atoms with Crippen LogP contribution in [0.15, 0.2) is 54.5 Å². The van der Waals surface area contributed by atoms with Crippen LogP contribution in [0.25, 0.3) is 0 Å². The van der Waals surface area contributed by atoms with Crippen molar-refractivity contribution in [2.75, 3.05) is 18.6 Å². The molecule has 0 saturated heterocycles. The molecule has 1 aromatic heterocycles. The Balaban J connectivity index is 1.51. The van der Waals surface area contributed by atoms with Gasteiger partial charge in [-0.15, -0.1) is 0 Å². The number of benzene rings is 1. The van der Waals surface area contributed by atoms with E-state index in [0.29, 0.717) is 12.5 Å². The van der Waals surface area contributed by atoms with Crippen LogP contribution >= 0.6 is 0 Å². The molecule has 164 valence electrons. The Labute approximate surface area is 184 Å². The molecule has 0 bridgehead atoms. The summed E-state index contributed by atoms with van der Waals surface area (Å²) in [7, 11) is 1.69. The molecule has 1 N–H and O–H groups in total. The molecule has 4 rings (SSSR count). The lowest BCUT2D eigenvalue weighted by molar-refractivity contribution is -0.118. The highest BCUT2D eigenvalue weighted by Gasteiger charge is 2.37. The third-order valence-electron chi connectivity index (χ3n) is 7.08. The lowest BCUT2D eigenvalue weighted by atomic mass is 9.69. The first kappa shape index (κ1) is 21.3. The quantitative estimate of drug-likeness (QED) is 0.757. The average molecular weight is 421 g/mol. The molecule has 6 heteroatoms. The van der Waals surface area contributed by atoms with E-state index in [1.54, 1.807) is 25.6 Å². The first-order valence-electron chi connectivity index (χ1n) is 11.2. The van der Waals surface area contributed by atoms with E-state index in [1.807, 2.05) is 23.2 Å². The number of aromatic nitrogens is 2. The normalized spacial score (nSPS) is 22.7. The van der Waals surface area contributed by atoms with Crippen LogP contribution in [-0.2, 0) is 10.2 Å². The van der Waals surface area contributed by atoms with Gasteiger partial charge >= 0.3 is 0 Å². The topological polar surface area (TPSA) is 67.3 Å². The fraction of sp³-hybridized carbons (Fsp3) is 0.480. The van der Waals surface area contributed by atoms with Crippen LogP contribution in [0.4, 0.5) is 5.95 Å². The van der Waals surface area contributed by atoms with Crippen molar-refractivity contribution in [3.63, 3.8) is 0 Å². The fourth-order valence-corrected chi connectivity index (χ4v) is 4.91. The van der Waals surface area contributed by atoms with Crippen molar-refractivity contribution in [3.8, 4) is 5.75 Å². The van der Waals surface area contributed by atoms with Crippen molar-refractivity contribution < 1.29 is 9.53 Å². The molecule has 1 aliphatic heterocycles. The van der Waals surface area contributed by atoms with Crippen molar-refractivity contribution in [2.45, 2.75) is 57.4 Å². The molecule has 1 amide bonds. The number of carbonyl (C=O) groups is 1. The third-order valence-corrected chi connectivity index (χ3v) is 7.08. The van der Waals surface area contributed by atoms with Crippen molar-refractivity contribution in [1.29, 1.82) is 0 Å². The number of anilines is 1. The number of amides is 1. The molecule has 2 unspecified atom stereocenters. The zero-order valence-electron chi connectivity index (χ0n) is 18.7. The van der Waals surface area contributed by atoms with Gasteiger partial charge in [0.05, 0.1) is 7.11 Å². The standard InChI is InChI=1S/C25H32N4O2/c1-18-19(2)29(24-26-14-7-15-27-24)16-22(18)23(30)28-17-25(12-5-4-6-13-25)20-8-10-21(31-3)11-9-20/h7-11,14-16,18-19H,4-6,12-13,17H2,1-3H3,(H,28,30). The fourth-order valence-electron chi connectivity index (χ4n) is 4.91. The Bertz CT molecular complexity index is 920. The summed E-state index contributed by atoms with van der Waals surface area (Å²) in [4.78, 5) is 23.9. The zero-order chi connectivity index (χ0) is 21.8. The summed E-state index contributed by atoms with van der Waals surface area (Å²) in [5.41, 5.74) is 2.06. The Morgan fingerprint density at radius 1 is 1.13 bits per heavy atom. The number of nitrogens with one attached hydrogen (secondary N) is 1. The van der Waals surface area contributed by atoms with E-state index < -0.39 is 0 Å². The van der Waals surface area contributed by atoms with Crippen molar-refractivity contribution >= 4 is 11.9 Å². The lowest BCUT2D eigenvalue weighted by Gasteiger charge is -2.38. The number of carbonyl (C=O) groups excluding carboxylic acids is 1. The van der Waals surface area contributed by atoms with Gasteiger partial charge in [0.1, 0.15) is 5.75 Å². The molecule has 2 aliphatic rings. The van der Waals surface area contributed by atoms with Crippen LogP contribution in [0.2, 0.25) is 0 Å². The van der Waals surface area contributed by atoms with Crippen LogP contribution in [0.1, 0.15) is 51.5 Å². The molecule has 1 aromatic carbocycles. The third kappa shape index (κ3) is 4.29. The monoisotopic (exact) mass is 420 g/mol. The summed E-state index contributed by atoms with van der Waals surface area (Å²) in [6.45, 7) is 4.86. The molecule has 31 heavy (non-hydrogen) atoms. The smallest absolute Gasteiger partial charge is 0.249 e. The van der Waals surface area contributed by atoms with Crippen LogP contribution in [0.5, 0.6) is 5.75 Å². The Kier molecular flexibility index (Phi) is 6.25. The number of hydrogen-bond donors (Lipinski definition) is 1. The molecule has 1 saturated carbocycles. The van der Waals surface area contributed by atoms with Gasteiger partial charge in [-0.05, 0) is 43.5 Å². The van der Waals surface area contributed by atoms with Gasteiger partial charge in [-0.2, -0.15) is 0 Å². The molecule has 6 nitrogen and oxygen atoms in total. The van der Waals surface area contributed by atoms with E-state index in [9.17, 15) is 4.79 Å². The minimum atomic E-state index is -0.0174. The van der Waals surface area contributed by atoms with E-state index in [0.717, 1.165) is 24.2 Å². The minimum Gasteiger partial charge on any atom is -0.497 e. The highest BCUT2D eigenvalue weighted by molar-refractivity contribution is 5.95. The lowest BCUT2D eigenvalue weighted by Crippen LogP contribution is -2.43. The summed E-state index contributed by atoms with van der Waals surface area (Å²) in [6, 6.07) is 10.3. The Morgan fingerprint density at radius 3 is 2.45 bits per heavy atom. The molecular formula is C25H32N4O2. The Hall–Kier alpha value is -2.89. The number of rotatable bonds is 6. The van der Waals surface area contributed by atoms with E-state index in [4.69, 9.17) is 4.74 Å². The largest absolute Gasteiger partial charge is 0.497 e. The molecule has 0 radical (unpaired) electrons. The highest BCUT2D eigenvalue weighted by Crippen LogP contribution is 2.40. The molecule has 1 aliphatic carbocycles. The minimum absolute atomic E-state index is 0.0104. The molecule has 2 aromatic rings. The maximum absolute atomic E-state index is 13.2. The van der Waals surface area contributed by atoms with Crippen LogP contribution in [0, 0.1) is 5.92 Å². The summed E-state index contributed by atoms with van der Waals surface area (Å²) >= 11 is 0. The van der Waals surface area contributed by atoms with E-state index in [2.05, 4.69) is 41.3 Å². The van der Waals surface area contributed by atoms with Gasteiger partial charge < -0.3 is 15.0 Å². The second-order valence-corrected chi connectivity index (χ2v) is 8.82. The van der Waals surface area contributed by atoms with E-state index >= 15 is 0 Å². The molecular weight excluding hydrogens is 388 g/mol. The van der Waals surface area contributed by atoms with Crippen LogP contribution in [-0.4, -0.2) is 35.6 Å². The first-order chi connectivity index (χ1) is 15.0. The Morgan fingerprint density at radius 2 is 1.81 bits per heavy atom. The summed E-state index contributed by atoms with van der Waals surface area (Å²) in [5, 5.41) is 3.28. The predicted octanol–water partition coefficient (Wildman–Crippen LogP) is 4.23. The molecule has 2 heterocycles. The second kappa shape index (κ2) is 9.08. The van der Waals surface area contributed by atoms with Crippen molar-refractivity contribution in [3.05, 3.63) is 60.1 Å². The van der Waals surface area contributed by atoms with Gasteiger partial charge in [0, 0.05) is 48.1 Å². The second-order valence-electron chi connectivity index (χ2n) is 8.82. The van der Waals surface area contributed by atoms with Gasteiger partial charge in [0.15, 0.2) is 0 Å². The SMILES string of the molecule is COc1ccc(C2(CNC(=O)C3=CN(c4ncccn4)C(C)C3C)CCCCC2)cc1. The van der Waals surface area contributed by atoms with Gasteiger partial charge in [0.25, 0.3) is 0 Å². The van der Waals surface area contributed by atoms with E-state index in [1.165, 1.54) is 24.8 Å². The number of nitrogens with zero attached hydrogens (tertiary/aromatic N) is 3. The van der Waals surface area contributed by atoms with Crippen LogP contribution in [0.3, 0.4) is 0 Å². The van der Waals surface area contributed by atoms with Crippen molar-refractivity contribution in [2.24, 2.45) is 5.92 Å². The maximum atomic E-state index is 13.2. The maximum Gasteiger partial charge on any atom is 0.249 e. The summed E-state index contributed by atoms with van der Waals surface area (Å²) in [6.07, 6.45) is 11.2. The van der Waals surface area contributed by atoms with E-state index in [-0.39, 0.29) is 23.3 Å². The van der Waals surface area contributed by atoms with Gasteiger partial charge in [-0.1, -0.05) is 38.3 Å². The van der Waals surface area contributed by atoms with Gasteiger partial charge in [-0.3, -0.25) is 4.79 Å². The van der Waals surface area contributed by atoms with Gasteiger partial charge in [-0.25, -0.2) is 9.97 Å². The zero-order valence-corrected chi connectivity index (χ0v) is 18.7. The number of ether oxygens (including phenoxy) is 1. The molecule has 0 spiro atoms. The van der Waals surface area contributed by atoms with Gasteiger partial charge in [0.2, 0.25) is 11.9 Å². The summed E-state index contributed by atoms with van der Waals surface area (Å²) < 4.78 is 5.33. The molecule has 2 atom stereocenters.